The van der Waals surface area contributed by atoms with Crippen molar-refractivity contribution in [2.75, 3.05) is 20.2 Å². The van der Waals surface area contributed by atoms with Crippen LogP contribution in [0.3, 0.4) is 0 Å². The molecule has 0 bridgehead atoms. The number of benzene rings is 1. The molecule has 1 aliphatic carbocycles. The van der Waals surface area contributed by atoms with Gasteiger partial charge in [0.05, 0.1) is 18.7 Å². The molecule has 0 spiro atoms. The molecule has 0 radical (unpaired) electrons. The minimum Gasteiger partial charge on any atom is -0.493 e. The van der Waals surface area contributed by atoms with Gasteiger partial charge in [0.2, 0.25) is 5.91 Å². The Bertz CT molecular complexity index is 981. The molecule has 0 atom stereocenters. The Labute approximate surface area is 186 Å². The summed E-state index contributed by atoms with van der Waals surface area (Å²) in [6, 6.07) is 3.44. The van der Waals surface area contributed by atoms with Crippen LogP contribution in [0, 0.1) is 5.92 Å². The SMILES string of the molecule is COc1cc2ncnc(Cl)c2cc1OC1CCC(C(=O)NCCNC(=O)C(F)(F)F)CC1. The number of alkyl halides is 3. The second kappa shape index (κ2) is 10.2. The van der Waals surface area contributed by atoms with Gasteiger partial charge < -0.3 is 20.1 Å². The number of hydrogen-bond donors (Lipinski definition) is 2. The third-order valence-electron chi connectivity index (χ3n) is 5.18. The number of carbonyl (C=O) groups is 2. The second-order valence-electron chi connectivity index (χ2n) is 7.32. The fraction of sp³-hybridized carbons (Fsp3) is 0.500. The van der Waals surface area contributed by atoms with Crippen LogP contribution in [-0.2, 0) is 9.59 Å². The maximum absolute atomic E-state index is 12.3. The molecule has 1 aromatic heterocycles. The molecular weight excluding hydrogens is 453 g/mol. The van der Waals surface area contributed by atoms with Crippen molar-refractivity contribution < 1.29 is 32.2 Å². The molecule has 1 aromatic carbocycles. The zero-order chi connectivity index (χ0) is 23.3. The van der Waals surface area contributed by atoms with Crippen LogP contribution in [0.15, 0.2) is 18.5 Å². The zero-order valence-corrected chi connectivity index (χ0v) is 17.9. The third kappa shape index (κ3) is 5.90. The lowest BCUT2D eigenvalue weighted by Crippen LogP contribution is -2.42. The minimum atomic E-state index is -4.94. The average Bonchev–Trinajstić information content (AvgIpc) is 2.76. The van der Waals surface area contributed by atoms with Crippen molar-refractivity contribution in [1.82, 2.24) is 20.6 Å². The van der Waals surface area contributed by atoms with Crippen LogP contribution in [-0.4, -0.2) is 54.3 Å². The molecule has 0 saturated heterocycles. The third-order valence-corrected chi connectivity index (χ3v) is 5.48. The van der Waals surface area contributed by atoms with Gasteiger partial charge in [0.15, 0.2) is 11.5 Å². The van der Waals surface area contributed by atoms with Crippen molar-refractivity contribution in [3.8, 4) is 11.5 Å². The summed E-state index contributed by atoms with van der Waals surface area (Å²) in [6.07, 6.45) is -1.36. The first-order chi connectivity index (χ1) is 15.2. The van der Waals surface area contributed by atoms with E-state index >= 15 is 0 Å². The van der Waals surface area contributed by atoms with Crippen LogP contribution in [0.5, 0.6) is 11.5 Å². The van der Waals surface area contributed by atoms with Gasteiger partial charge in [0.1, 0.15) is 11.5 Å². The maximum Gasteiger partial charge on any atom is 0.471 e. The molecule has 174 valence electrons. The summed E-state index contributed by atoms with van der Waals surface area (Å²) in [4.78, 5) is 31.1. The normalized spacial score (nSPS) is 18.8. The van der Waals surface area contributed by atoms with E-state index in [-0.39, 0.29) is 31.0 Å². The van der Waals surface area contributed by atoms with Crippen molar-refractivity contribution in [3.05, 3.63) is 23.6 Å². The number of rotatable bonds is 7. The lowest BCUT2D eigenvalue weighted by Gasteiger charge is -2.29. The Morgan fingerprint density at radius 2 is 1.78 bits per heavy atom. The first-order valence-corrected chi connectivity index (χ1v) is 10.3. The molecule has 1 saturated carbocycles. The Morgan fingerprint density at radius 1 is 1.09 bits per heavy atom. The summed E-state index contributed by atoms with van der Waals surface area (Å²) in [5.74, 6) is -1.54. The minimum absolute atomic E-state index is 0.0752. The molecule has 0 unspecified atom stereocenters. The van der Waals surface area contributed by atoms with E-state index in [0.717, 1.165) is 0 Å². The molecule has 12 heteroatoms. The van der Waals surface area contributed by atoms with E-state index in [9.17, 15) is 22.8 Å². The standard InChI is InChI=1S/C20H22ClF3N4O4/c1-31-15-9-14-13(17(21)28-10-27-14)8-16(15)32-12-4-2-11(3-5-12)18(29)25-6-7-26-19(30)20(22,23)24/h8-12H,2-7H2,1H3,(H,25,29)(H,26,30). The lowest BCUT2D eigenvalue weighted by atomic mass is 9.86. The van der Waals surface area contributed by atoms with Gasteiger partial charge in [-0.05, 0) is 31.7 Å². The number of aromatic nitrogens is 2. The molecule has 1 heterocycles. The van der Waals surface area contributed by atoms with E-state index in [1.165, 1.54) is 13.4 Å². The predicted octanol–water partition coefficient (Wildman–Crippen LogP) is 3.02. The monoisotopic (exact) mass is 474 g/mol. The number of carbonyl (C=O) groups excluding carboxylic acids is 2. The molecule has 0 aliphatic heterocycles. The quantitative estimate of drug-likeness (QED) is 0.472. The number of nitrogens with one attached hydrogen (secondary N) is 2. The second-order valence-corrected chi connectivity index (χ2v) is 7.68. The van der Waals surface area contributed by atoms with Gasteiger partial charge in [-0.15, -0.1) is 0 Å². The zero-order valence-electron chi connectivity index (χ0n) is 17.2. The topological polar surface area (TPSA) is 102 Å². The van der Waals surface area contributed by atoms with Crippen molar-refractivity contribution in [2.24, 2.45) is 5.92 Å². The number of fused-ring (bicyclic) bond motifs is 1. The summed E-state index contributed by atoms with van der Waals surface area (Å²) >= 11 is 6.14. The maximum atomic E-state index is 12.3. The lowest BCUT2D eigenvalue weighted by molar-refractivity contribution is -0.173. The van der Waals surface area contributed by atoms with Gasteiger partial charge in [-0.3, -0.25) is 9.59 Å². The highest BCUT2D eigenvalue weighted by atomic mass is 35.5. The fourth-order valence-corrected chi connectivity index (χ4v) is 3.71. The molecule has 2 amide bonds. The van der Waals surface area contributed by atoms with Gasteiger partial charge in [0.25, 0.3) is 0 Å². The van der Waals surface area contributed by atoms with Crippen LogP contribution in [0.4, 0.5) is 13.2 Å². The molecule has 8 nitrogen and oxygen atoms in total. The predicted molar refractivity (Wildman–Crippen MR) is 110 cm³/mol. The molecule has 2 aromatic rings. The molecular formula is C20H22ClF3N4O4. The highest BCUT2D eigenvalue weighted by Crippen LogP contribution is 2.36. The van der Waals surface area contributed by atoms with E-state index in [4.69, 9.17) is 21.1 Å². The Morgan fingerprint density at radius 3 is 2.44 bits per heavy atom. The number of halogens is 4. The number of nitrogens with zero attached hydrogens (tertiary/aromatic N) is 2. The fourth-order valence-electron chi connectivity index (χ4n) is 3.51. The van der Waals surface area contributed by atoms with Crippen LogP contribution < -0.4 is 20.1 Å². The van der Waals surface area contributed by atoms with Crippen LogP contribution >= 0.6 is 11.6 Å². The van der Waals surface area contributed by atoms with E-state index in [1.54, 1.807) is 17.4 Å². The van der Waals surface area contributed by atoms with Gasteiger partial charge in [-0.2, -0.15) is 13.2 Å². The highest BCUT2D eigenvalue weighted by Gasteiger charge is 2.38. The highest BCUT2D eigenvalue weighted by molar-refractivity contribution is 6.34. The summed E-state index contributed by atoms with van der Waals surface area (Å²) in [5.41, 5.74) is 0.626. The van der Waals surface area contributed by atoms with Gasteiger partial charge in [-0.1, -0.05) is 11.6 Å². The number of amides is 2. The Kier molecular flexibility index (Phi) is 7.60. The number of hydrogen-bond acceptors (Lipinski definition) is 6. The van der Waals surface area contributed by atoms with Gasteiger partial charge >= 0.3 is 12.1 Å². The summed E-state index contributed by atoms with van der Waals surface area (Å²) < 4.78 is 47.9. The van der Waals surface area contributed by atoms with Crippen LogP contribution in [0.2, 0.25) is 5.15 Å². The Balaban J connectivity index is 1.49. The van der Waals surface area contributed by atoms with Crippen LogP contribution in [0.1, 0.15) is 25.7 Å². The van der Waals surface area contributed by atoms with Crippen molar-refractivity contribution in [2.45, 2.75) is 38.0 Å². The molecule has 1 aliphatic rings. The largest absolute Gasteiger partial charge is 0.493 e. The summed E-state index contributed by atoms with van der Waals surface area (Å²) in [5, 5.41) is 5.21. The summed E-state index contributed by atoms with van der Waals surface area (Å²) in [7, 11) is 1.52. The number of methoxy groups -OCH3 is 1. The van der Waals surface area contributed by atoms with E-state index in [1.807, 2.05) is 0 Å². The number of ether oxygens (including phenoxy) is 2. The first kappa shape index (κ1) is 23.8. The Hall–Kier alpha value is -2.82. The molecule has 2 N–H and O–H groups in total. The van der Waals surface area contributed by atoms with E-state index in [2.05, 4.69) is 15.3 Å². The summed E-state index contributed by atoms with van der Waals surface area (Å²) in [6.45, 7) is -0.370. The van der Waals surface area contributed by atoms with Crippen molar-refractivity contribution >= 4 is 34.3 Å². The van der Waals surface area contributed by atoms with Crippen LogP contribution in [0.25, 0.3) is 10.9 Å². The molecule has 1 fully saturated rings. The smallest absolute Gasteiger partial charge is 0.471 e. The van der Waals surface area contributed by atoms with Gasteiger partial charge in [0, 0.05) is 30.5 Å². The first-order valence-electron chi connectivity index (χ1n) is 9.96. The van der Waals surface area contributed by atoms with Crippen molar-refractivity contribution in [3.63, 3.8) is 0 Å². The average molecular weight is 475 g/mol. The van der Waals surface area contributed by atoms with Gasteiger partial charge in [-0.25, -0.2) is 9.97 Å². The van der Waals surface area contributed by atoms with Crippen molar-refractivity contribution in [1.29, 1.82) is 0 Å². The molecule has 32 heavy (non-hydrogen) atoms. The molecule has 3 rings (SSSR count). The van der Waals surface area contributed by atoms with E-state index < -0.39 is 12.1 Å². The van der Waals surface area contributed by atoms with E-state index in [0.29, 0.717) is 53.2 Å².